The van der Waals surface area contributed by atoms with E-state index in [9.17, 15) is 5.11 Å². The number of aromatic nitrogens is 2. The summed E-state index contributed by atoms with van der Waals surface area (Å²) >= 11 is 3.50. The molecule has 0 bridgehead atoms. The van der Waals surface area contributed by atoms with Gasteiger partial charge >= 0.3 is 0 Å². The van der Waals surface area contributed by atoms with Gasteiger partial charge in [0.05, 0.1) is 22.0 Å². The van der Waals surface area contributed by atoms with E-state index in [0.717, 1.165) is 28.9 Å². The van der Waals surface area contributed by atoms with Gasteiger partial charge in [-0.1, -0.05) is 6.92 Å². The lowest BCUT2D eigenvalue weighted by molar-refractivity contribution is 0.0815. The zero-order valence-electron chi connectivity index (χ0n) is 10.7. The third-order valence-corrected chi connectivity index (χ3v) is 3.67. The fourth-order valence-electron chi connectivity index (χ4n) is 1.69. The summed E-state index contributed by atoms with van der Waals surface area (Å²) in [6, 6.07) is 0. The molecule has 0 aliphatic carbocycles. The normalized spacial score (nSPS) is 13.0. The fourth-order valence-corrected chi connectivity index (χ4v) is 2.19. The Morgan fingerprint density at radius 1 is 1.47 bits per heavy atom. The van der Waals surface area contributed by atoms with Crippen LogP contribution in [0.1, 0.15) is 31.2 Å². The van der Waals surface area contributed by atoms with Gasteiger partial charge in [-0.3, -0.25) is 4.68 Å². The second-order valence-corrected chi connectivity index (χ2v) is 5.02. The highest BCUT2D eigenvalue weighted by Crippen LogP contribution is 2.21. The van der Waals surface area contributed by atoms with Crippen LogP contribution in [-0.2, 0) is 18.2 Å². The zero-order chi connectivity index (χ0) is 12.8. The number of ether oxygens (including phenoxy) is 1. The largest absolute Gasteiger partial charge is 0.393 e. The van der Waals surface area contributed by atoms with E-state index in [1.54, 1.807) is 0 Å². The second-order valence-electron chi connectivity index (χ2n) is 4.23. The standard InChI is InChI=1S/C12H21BrN2O2/c1-4-6-17-7-5-10(16)8-11-12(13)9(2)14-15(11)3/h10,16H,4-8H2,1-3H3. The van der Waals surface area contributed by atoms with E-state index in [1.807, 2.05) is 18.7 Å². The van der Waals surface area contributed by atoms with Crippen molar-refractivity contribution >= 4 is 15.9 Å². The Hall–Kier alpha value is -0.390. The Kier molecular flexibility index (Phi) is 6.16. The number of rotatable bonds is 7. The lowest BCUT2D eigenvalue weighted by Gasteiger charge is -2.11. The summed E-state index contributed by atoms with van der Waals surface area (Å²) in [5, 5.41) is 14.2. The van der Waals surface area contributed by atoms with E-state index in [2.05, 4.69) is 28.0 Å². The van der Waals surface area contributed by atoms with Crippen molar-refractivity contribution in [3.63, 3.8) is 0 Å². The molecule has 5 heteroatoms. The number of nitrogens with zero attached hydrogens (tertiary/aromatic N) is 2. The molecule has 0 fully saturated rings. The molecule has 0 amide bonds. The Balaban J connectivity index is 2.42. The van der Waals surface area contributed by atoms with Crippen molar-refractivity contribution in [2.45, 2.75) is 39.2 Å². The first-order chi connectivity index (χ1) is 8.06. The number of aryl methyl sites for hydroxylation is 2. The summed E-state index contributed by atoms with van der Waals surface area (Å²) in [4.78, 5) is 0. The average Bonchev–Trinajstić information content (AvgIpc) is 2.52. The molecule has 17 heavy (non-hydrogen) atoms. The molecule has 0 saturated heterocycles. The van der Waals surface area contributed by atoms with E-state index in [0.29, 0.717) is 19.4 Å². The maximum absolute atomic E-state index is 9.92. The van der Waals surface area contributed by atoms with E-state index < -0.39 is 0 Å². The molecule has 1 atom stereocenters. The average molecular weight is 305 g/mol. The topological polar surface area (TPSA) is 47.3 Å². The van der Waals surface area contributed by atoms with E-state index in [1.165, 1.54) is 0 Å². The third kappa shape index (κ3) is 4.41. The van der Waals surface area contributed by atoms with Gasteiger partial charge in [-0.15, -0.1) is 0 Å². The molecule has 1 heterocycles. The number of halogens is 1. The molecule has 1 aromatic heterocycles. The van der Waals surface area contributed by atoms with Gasteiger partial charge in [0.25, 0.3) is 0 Å². The summed E-state index contributed by atoms with van der Waals surface area (Å²) in [5.74, 6) is 0. The number of hydrogen-bond acceptors (Lipinski definition) is 3. The van der Waals surface area contributed by atoms with Crippen LogP contribution >= 0.6 is 15.9 Å². The smallest absolute Gasteiger partial charge is 0.0738 e. The second kappa shape index (κ2) is 7.13. The highest BCUT2D eigenvalue weighted by Gasteiger charge is 2.14. The van der Waals surface area contributed by atoms with E-state index >= 15 is 0 Å². The van der Waals surface area contributed by atoms with Gasteiger partial charge < -0.3 is 9.84 Å². The first kappa shape index (κ1) is 14.7. The molecule has 1 N–H and O–H groups in total. The fraction of sp³-hybridized carbons (Fsp3) is 0.750. The Bertz CT molecular complexity index is 353. The lowest BCUT2D eigenvalue weighted by atomic mass is 10.1. The number of aliphatic hydroxyl groups is 1. The Morgan fingerprint density at radius 3 is 2.71 bits per heavy atom. The minimum atomic E-state index is -0.377. The van der Waals surface area contributed by atoms with Crippen molar-refractivity contribution in [3.05, 3.63) is 15.9 Å². The van der Waals surface area contributed by atoms with Gasteiger partial charge in [-0.25, -0.2) is 0 Å². The molecule has 0 aromatic carbocycles. The van der Waals surface area contributed by atoms with Crippen LogP contribution < -0.4 is 0 Å². The molecule has 1 unspecified atom stereocenters. The highest BCUT2D eigenvalue weighted by molar-refractivity contribution is 9.10. The van der Waals surface area contributed by atoms with Crippen molar-refractivity contribution in [1.29, 1.82) is 0 Å². The molecular formula is C12H21BrN2O2. The molecule has 0 saturated carbocycles. The molecule has 4 nitrogen and oxygen atoms in total. The lowest BCUT2D eigenvalue weighted by Crippen LogP contribution is -2.16. The van der Waals surface area contributed by atoms with Gasteiger partial charge in [0.15, 0.2) is 0 Å². The monoisotopic (exact) mass is 304 g/mol. The molecule has 0 spiro atoms. The van der Waals surface area contributed by atoms with Crippen LogP contribution in [0.4, 0.5) is 0 Å². The van der Waals surface area contributed by atoms with Crippen LogP contribution in [0.2, 0.25) is 0 Å². The SMILES string of the molecule is CCCOCCC(O)Cc1c(Br)c(C)nn1C. The summed E-state index contributed by atoms with van der Waals surface area (Å²) in [7, 11) is 1.90. The summed E-state index contributed by atoms with van der Waals surface area (Å²) in [6.45, 7) is 5.40. The molecule has 0 aliphatic heterocycles. The van der Waals surface area contributed by atoms with Gasteiger partial charge in [0.1, 0.15) is 0 Å². The third-order valence-electron chi connectivity index (χ3n) is 2.63. The molecule has 98 valence electrons. The predicted octanol–water partition coefficient (Wildman–Crippen LogP) is 2.21. The van der Waals surface area contributed by atoms with Crippen LogP contribution in [-0.4, -0.2) is 34.2 Å². The van der Waals surface area contributed by atoms with Crippen LogP contribution in [0.3, 0.4) is 0 Å². The minimum Gasteiger partial charge on any atom is -0.393 e. The van der Waals surface area contributed by atoms with E-state index in [-0.39, 0.29) is 6.10 Å². The van der Waals surface area contributed by atoms with Crippen molar-refractivity contribution in [2.24, 2.45) is 7.05 Å². The van der Waals surface area contributed by atoms with Gasteiger partial charge in [-0.2, -0.15) is 5.10 Å². The quantitative estimate of drug-likeness (QED) is 0.786. The predicted molar refractivity (Wildman–Crippen MR) is 71.1 cm³/mol. The minimum absolute atomic E-state index is 0.377. The molecule has 1 aromatic rings. The van der Waals surface area contributed by atoms with Crippen molar-refractivity contribution in [2.75, 3.05) is 13.2 Å². The number of aliphatic hydroxyl groups excluding tert-OH is 1. The Labute approximate surface area is 111 Å². The van der Waals surface area contributed by atoms with Crippen LogP contribution in [0.25, 0.3) is 0 Å². The summed E-state index contributed by atoms with van der Waals surface area (Å²) < 4.78 is 8.17. The van der Waals surface area contributed by atoms with Crippen LogP contribution in [0, 0.1) is 6.92 Å². The summed E-state index contributed by atoms with van der Waals surface area (Å²) in [6.07, 6.45) is 1.91. The van der Waals surface area contributed by atoms with Gasteiger partial charge in [0, 0.05) is 26.7 Å². The maximum Gasteiger partial charge on any atom is 0.0738 e. The molecule has 0 aliphatic rings. The van der Waals surface area contributed by atoms with Crippen LogP contribution in [0.5, 0.6) is 0 Å². The summed E-state index contributed by atoms with van der Waals surface area (Å²) in [5.41, 5.74) is 1.99. The zero-order valence-corrected chi connectivity index (χ0v) is 12.3. The van der Waals surface area contributed by atoms with Gasteiger partial charge in [0.2, 0.25) is 0 Å². The first-order valence-corrected chi connectivity index (χ1v) is 6.79. The molecule has 1 rings (SSSR count). The maximum atomic E-state index is 9.92. The number of hydrogen-bond donors (Lipinski definition) is 1. The first-order valence-electron chi connectivity index (χ1n) is 6.00. The van der Waals surface area contributed by atoms with Crippen molar-refractivity contribution < 1.29 is 9.84 Å². The molecular weight excluding hydrogens is 284 g/mol. The Morgan fingerprint density at radius 2 is 2.18 bits per heavy atom. The van der Waals surface area contributed by atoms with Crippen molar-refractivity contribution in [1.82, 2.24) is 9.78 Å². The van der Waals surface area contributed by atoms with Crippen LogP contribution in [0.15, 0.2) is 4.47 Å². The molecule has 0 radical (unpaired) electrons. The van der Waals surface area contributed by atoms with Gasteiger partial charge in [-0.05, 0) is 35.7 Å². The van der Waals surface area contributed by atoms with E-state index in [4.69, 9.17) is 4.74 Å². The van der Waals surface area contributed by atoms with Crippen molar-refractivity contribution in [3.8, 4) is 0 Å². The highest BCUT2D eigenvalue weighted by atomic mass is 79.9.